The smallest absolute Gasteiger partial charge is 0.411 e. The fourth-order valence-corrected chi connectivity index (χ4v) is 0. The van der Waals surface area contributed by atoms with Gasteiger partial charge in [0.1, 0.15) is 0 Å². The molecule has 74 valence electrons. The third-order valence-corrected chi connectivity index (χ3v) is 2.19. The first-order chi connectivity index (χ1) is 5.29. The van der Waals surface area contributed by atoms with Crippen LogP contribution < -0.4 is 0 Å². The van der Waals surface area contributed by atoms with Gasteiger partial charge in [-0.3, -0.25) is 0 Å². The van der Waals surface area contributed by atoms with Crippen molar-refractivity contribution >= 4 is 82.2 Å². The molecule has 2 nitrogen and oxygen atoms in total. The van der Waals surface area contributed by atoms with Gasteiger partial charge >= 0.3 is 23.9 Å². The van der Waals surface area contributed by atoms with E-state index in [4.69, 9.17) is 0 Å². The third kappa shape index (κ3) is 19.4. The van der Waals surface area contributed by atoms with E-state index in [-0.39, 0.29) is 23.9 Å². The Kier molecular flexibility index (Phi) is 16.7. The maximum absolute atomic E-state index is 4.56. The molecule has 0 aromatic heterocycles. The summed E-state index contributed by atoms with van der Waals surface area (Å²) >= 11 is 18.2. The molecular weight excluding hydrogens is 347 g/mol. The van der Waals surface area contributed by atoms with Gasteiger partial charge in [-0.05, 0) is 0 Å². The number of hydrogen-bond donors (Lipinski definition) is 0. The molecule has 0 bridgehead atoms. The van der Waals surface area contributed by atoms with Crippen LogP contribution in [0.1, 0.15) is 0 Å². The molecule has 0 aromatic rings. The zero-order valence-electron chi connectivity index (χ0n) is 8.03. The normalized spacial score (nSPS) is 7.08. The molecule has 0 saturated heterocycles. The van der Waals surface area contributed by atoms with Gasteiger partial charge in [-0.2, -0.15) is 0 Å². The fraction of sp³-hybridized carbons (Fsp3) is 0.667. The monoisotopic (exact) mass is 360 g/mol. The van der Waals surface area contributed by atoms with Crippen LogP contribution in [0, 0.1) is 0 Å². The van der Waals surface area contributed by atoms with Gasteiger partial charge in [0, 0.05) is 28.2 Å². The summed E-state index contributed by atoms with van der Waals surface area (Å²) < 4.78 is 1.02. The SMILES string of the molecule is CN(C)C(=S)[S-].CN(C)C(=S)[S-].[Sn+2]. The predicted octanol–water partition coefficient (Wildman–Crippen LogP) is 0.379. The van der Waals surface area contributed by atoms with Gasteiger partial charge in [-0.15, -0.1) is 0 Å². The minimum Gasteiger partial charge on any atom is -0.411 e. The summed E-state index contributed by atoms with van der Waals surface area (Å²) in [5.41, 5.74) is 0. The molecule has 0 heterocycles. The Bertz CT molecular complexity index is 143. The molecule has 0 amide bonds. The first-order valence-corrected chi connectivity index (χ1v) is 4.69. The summed E-state index contributed by atoms with van der Waals surface area (Å²) in [7, 11) is 7.31. The van der Waals surface area contributed by atoms with Crippen LogP contribution in [0.3, 0.4) is 0 Å². The molecular formula is C6H12N2S4Sn. The van der Waals surface area contributed by atoms with Gasteiger partial charge in [0.2, 0.25) is 0 Å². The van der Waals surface area contributed by atoms with Gasteiger partial charge in [-0.25, -0.2) is 0 Å². The van der Waals surface area contributed by atoms with Crippen molar-refractivity contribution in [1.29, 1.82) is 0 Å². The summed E-state index contributed by atoms with van der Waals surface area (Å²) in [6.45, 7) is 0. The van der Waals surface area contributed by atoms with Gasteiger partial charge in [0.15, 0.2) is 0 Å². The largest absolute Gasteiger partial charge is 2.00 e. The topological polar surface area (TPSA) is 6.48 Å². The second-order valence-corrected chi connectivity index (χ2v) is 4.38. The van der Waals surface area contributed by atoms with Gasteiger partial charge < -0.3 is 59.5 Å². The van der Waals surface area contributed by atoms with Crippen molar-refractivity contribution in [1.82, 2.24) is 9.80 Å². The quantitative estimate of drug-likeness (QED) is 0.348. The van der Waals surface area contributed by atoms with E-state index in [1.807, 2.05) is 28.2 Å². The van der Waals surface area contributed by atoms with Crippen molar-refractivity contribution in [2.75, 3.05) is 28.2 Å². The average molecular weight is 359 g/mol. The van der Waals surface area contributed by atoms with E-state index in [1.54, 1.807) is 9.80 Å². The molecule has 0 rings (SSSR count). The minimum atomic E-state index is 0. The molecule has 0 aromatic carbocycles. The third-order valence-electron chi connectivity index (χ3n) is 0.730. The van der Waals surface area contributed by atoms with E-state index < -0.39 is 0 Å². The van der Waals surface area contributed by atoms with Crippen LogP contribution in [0.4, 0.5) is 0 Å². The second-order valence-electron chi connectivity index (χ2n) is 2.32. The number of rotatable bonds is 0. The van der Waals surface area contributed by atoms with Crippen LogP contribution in [0.15, 0.2) is 0 Å². The summed E-state index contributed by atoms with van der Waals surface area (Å²) in [5, 5.41) is 0. The summed E-state index contributed by atoms with van der Waals surface area (Å²) in [6, 6.07) is 0. The van der Waals surface area contributed by atoms with E-state index in [1.165, 1.54) is 0 Å². The van der Waals surface area contributed by atoms with Crippen LogP contribution in [-0.4, -0.2) is 70.5 Å². The van der Waals surface area contributed by atoms with Crippen molar-refractivity contribution in [3.63, 3.8) is 0 Å². The summed E-state index contributed by atoms with van der Waals surface area (Å²) in [5.74, 6) is 0. The molecule has 0 aliphatic rings. The second kappa shape index (κ2) is 11.1. The van der Waals surface area contributed by atoms with E-state index in [0.717, 1.165) is 0 Å². The molecule has 7 heteroatoms. The minimum absolute atomic E-state index is 0. The molecule has 0 aliphatic heterocycles. The molecule has 0 unspecified atom stereocenters. The van der Waals surface area contributed by atoms with Crippen LogP contribution in [0.25, 0.3) is 0 Å². The van der Waals surface area contributed by atoms with Crippen molar-refractivity contribution in [3.05, 3.63) is 0 Å². The van der Waals surface area contributed by atoms with E-state index in [9.17, 15) is 0 Å². The van der Waals surface area contributed by atoms with E-state index in [0.29, 0.717) is 8.64 Å². The number of nitrogens with zero attached hydrogens (tertiary/aromatic N) is 2. The van der Waals surface area contributed by atoms with Gasteiger partial charge in [0.25, 0.3) is 0 Å². The van der Waals surface area contributed by atoms with Crippen molar-refractivity contribution in [2.45, 2.75) is 0 Å². The number of thiocarbonyl (C=S) groups is 2. The first kappa shape index (κ1) is 19.6. The van der Waals surface area contributed by atoms with Crippen molar-refractivity contribution in [2.24, 2.45) is 0 Å². The molecule has 0 atom stereocenters. The Morgan fingerprint density at radius 3 is 0.923 bits per heavy atom. The standard InChI is InChI=1S/2C3H7NS2.Sn/c2*1-4(2)3(5)6;/h2*1-2H3,(H,5,6);/q;;+2/p-2. The Labute approximate surface area is 119 Å². The maximum atomic E-state index is 4.56. The first-order valence-electron chi connectivity index (χ1n) is 3.05. The van der Waals surface area contributed by atoms with Gasteiger partial charge in [-0.1, -0.05) is 8.64 Å². The predicted molar refractivity (Wildman–Crippen MR) is 73.1 cm³/mol. The zero-order chi connectivity index (χ0) is 10.3. The van der Waals surface area contributed by atoms with Gasteiger partial charge in [0.05, 0.1) is 0 Å². The zero-order valence-corrected chi connectivity index (χ0v) is 14.1. The number of hydrogen-bond acceptors (Lipinski definition) is 4. The van der Waals surface area contributed by atoms with Crippen molar-refractivity contribution in [3.8, 4) is 0 Å². The molecule has 0 N–H and O–H groups in total. The Balaban J connectivity index is -0.000000143. The van der Waals surface area contributed by atoms with Crippen LogP contribution in [0.5, 0.6) is 0 Å². The average Bonchev–Trinajstić information content (AvgIpc) is 1.88. The van der Waals surface area contributed by atoms with E-state index in [2.05, 4.69) is 49.7 Å². The fourth-order valence-electron chi connectivity index (χ4n) is 0. The molecule has 2 radical (unpaired) electrons. The molecule has 0 saturated carbocycles. The Morgan fingerprint density at radius 2 is 0.923 bits per heavy atom. The van der Waals surface area contributed by atoms with Crippen LogP contribution in [0.2, 0.25) is 0 Å². The van der Waals surface area contributed by atoms with Crippen molar-refractivity contribution < 1.29 is 0 Å². The summed E-state index contributed by atoms with van der Waals surface area (Å²) in [4.78, 5) is 3.43. The van der Waals surface area contributed by atoms with Crippen LogP contribution in [-0.2, 0) is 25.3 Å². The Morgan fingerprint density at radius 1 is 0.846 bits per heavy atom. The molecule has 0 fully saturated rings. The Hall–Kier alpha value is 1.02. The molecule has 13 heavy (non-hydrogen) atoms. The van der Waals surface area contributed by atoms with Crippen LogP contribution >= 0.6 is 24.4 Å². The molecule has 0 spiro atoms. The van der Waals surface area contributed by atoms with E-state index >= 15 is 0 Å². The maximum Gasteiger partial charge on any atom is 2.00 e. The molecule has 0 aliphatic carbocycles. The summed E-state index contributed by atoms with van der Waals surface area (Å²) in [6.07, 6.45) is 0.